The van der Waals surface area contributed by atoms with Crippen molar-refractivity contribution in [2.24, 2.45) is 0 Å². The molecule has 21 heavy (non-hydrogen) atoms. The average Bonchev–Trinajstić information content (AvgIpc) is 2.52. The third-order valence-electron chi connectivity index (χ3n) is 3.12. The molecule has 1 aliphatic rings. The van der Waals surface area contributed by atoms with Gasteiger partial charge in [-0.1, -0.05) is 0 Å². The second-order valence-electron chi connectivity index (χ2n) is 4.50. The highest BCUT2D eigenvalue weighted by Crippen LogP contribution is 2.28. The van der Waals surface area contributed by atoms with E-state index >= 15 is 0 Å². The Balaban J connectivity index is 2.04. The summed E-state index contributed by atoms with van der Waals surface area (Å²) in [7, 11) is 0. The number of amides is 1. The average molecular weight is 296 g/mol. The molecule has 0 radical (unpaired) electrons. The van der Waals surface area contributed by atoms with Crippen molar-refractivity contribution in [3.63, 3.8) is 0 Å². The van der Waals surface area contributed by atoms with Crippen LogP contribution in [0.5, 0.6) is 5.75 Å². The lowest BCUT2D eigenvalue weighted by Gasteiger charge is -2.26. The summed E-state index contributed by atoms with van der Waals surface area (Å²) in [4.78, 5) is 23.9. The zero-order chi connectivity index (χ0) is 15.2. The number of nitro benzene ring substituents is 1. The van der Waals surface area contributed by atoms with Gasteiger partial charge in [-0.3, -0.25) is 14.9 Å². The molecule has 0 spiro atoms. The molecule has 1 fully saturated rings. The molecular weight excluding hydrogens is 280 g/mol. The van der Waals surface area contributed by atoms with Crippen LogP contribution < -0.4 is 4.74 Å². The van der Waals surface area contributed by atoms with E-state index in [2.05, 4.69) is 0 Å². The number of hydrogen-bond acceptors (Lipinski definition) is 6. The summed E-state index contributed by atoms with van der Waals surface area (Å²) in [6, 6.07) is 4.06. The number of hydrogen-bond donors (Lipinski definition) is 1. The van der Waals surface area contributed by atoms with Crippen molar-refractivity contribution in [2.45, 2.75) is 6.61 Å². The van der Waals surface area contributed by atoms with Gasteiger partial charge in [-0.25, -0.2) is 0 Å². The van der Waals surface area contributed by atoms with Crippen molar-refractivity contribution in [2.75, 3.05) is 32.9 Å². The third kappa shape index (κ3) is 3.89. The molecule has 1 aromatic rings. The first-order valence-corrected chi connectivity index (χ1v) is 6.48. The first-order valence-electron chi connectivity index (χ1n) is 6.48. The number of nitrogens with zero attached hydrogens (tertiary/aromatic N) is 2. The summed E-state index contributed by atoms with van der Waals surface area (Å²) in [6.45, 7) is 1.39. The molecule has 0 unspecified atom stereocenters. The van der Waals surface area contributed by atoms with Crippen LogP contribution in [0, 0.1) is 10.1 Å². The Kier molecular flexibility index (Phi) is 5.07. The smallest absolute Gasteiger partial charge is 0.310 e. The van der Waals surface area contributed by atoms with Crippen molar-refractivity contribution in [1.82, 2.24) is 4.90 Å². The second-order valence-corrected chi connectivity index (χ2v) is 4.50. The van der Waals surface area contributed by atoms with Crippen LogP contribution in [0.25, 0.3) is 0 Å². The largest absolute Gasteiger partial charge is 0.477 e. The monoisotopic (exact) mass is 296 g/mol. The maximum atomic E-state index is 11.9. The van der Waals surface area contributed by atoms with Gasteiger partial charge in [0.15, 0.2) is 12.4 Å². The van der Waals surface area contributed by atoms with Crippen molar-refractivity contribution in [3.8, 4) is 5.75 Å². The number of nitro groups is 1. The second kappa shape index (κ2) is 7.00. The molecule has 0 bridgehead atoms. The molecule has 8 heteroatoms. The number of carbonyl (C=O) groups is 1. The van der Waals surface area contributed by atoms with E-state index in [4.69, 9.17) is 14.6 Å². The topological polar surface area (TPSA) is 102 Å². The number of carbonyl (C=O) groups excluding carboxylic acids is 1. The van der Waals surface area contributed by atoms with Crippen LogP contribution >= 0.6 is 0 Å². The van der Waals surface area contributed by atoms with Gasteiger partial charge in [-0.15, -0.1) is 0 Å². The third-order valence-corrected chi connectivity index (χ3v) is 3.12. The summed E-state index contributed by atoms with van der Waals surface area (Å²) < 4.78 is 10.4. The highest BCUT2D eigenvalue weighted by atomic mass is 16.6. The van der Waals surface area contributed by atoms with Gasteiger partial charge in [0.25, 0.3) is 5.91 Å². The van der Waals surface area contributed by atoms with Gasteiger partial charge in [-0.05, 0) is 17.7 Å². The minimum absolute atomic E-state index is 0.0202. The standard InChI is InChI=1S/C13H16N2O6/c16-8-10-1-2-11(15(18)19)12(7-10)21-9-13(17)14-3-5-20-6-4-14/h1-2,7,16H,3-6,8-9H2. The van der Waals surface area contributed by atoms with E-state index in [1.807, 2.05) is 0 Å². The minimum Gasteiger partial charge on any atom is -0.477 e. The first-order chi connectivity index (χ1) is 10.1. The lowest BCUT2D eigenvalue weighted by atomic mass is 10.2. The van der Waals surface area contributed by atoms with E-state index in [9.17, 15) is 14.9 Å². The fraction of sp³-hybridized carbons (Fsp3) is 0.462. The summed E-state index contributed by atoms with van der Waals surface area (Å²) in [5, 5.41) is 20.0. The highest BCUT2D eigenvalue weighted by molar-refractivity contribution is 5.78. The van der Waals surface area contributed by atoms with Crippen molar-refractivity contribution >= 4 is 11.6 Å². The molecule has 1 N–H and O–H groups in total. The molecule has 0 aromatic heterocycles. The number of morpholine rings is 1. The fourth-order valence-electron chi connectivity index (χ4n) is 1.97. The van der Waals surface area contributed by atoms with Gasteiger partial charge < -0.3 is 19.5 Å². The molecule has 2 rings (SSSR count). The lowest BCUT2D eigenvalue weighted by Crippen LogP contribution is -2.43. The van der Waals surface area contributed by atoms with Gasteiger partial charge in [0, 0.05) is 19.2 Å². The van der Waals surface area contributed by atoms with E-state index in [-0.39, 0.29) is 30.6 Å². The van der Waals surface area contributed by atoms with Crippen LogP contribution in [-0.2, 0) is 16.1 Å². The van der Waals surface area contributed by atoms with E-state index in [0.717, 1.165) is 0 Å². The summed E-state index contributed by atoms with van der Waals surface area (Å²) >= 11 is 0. The fourth-order valence-corrected chi connectivity index (χ4v) is 1.97. The van der Waals surface area contributed by atoms with Gasteiger partial charge in [0.05, 0.1) is 24.7 Å². The molecular formula is C13H16N2O6. The van der Waals surface area contributed by atoms with Gasteiger partial charge in [0.1, 0.15) is 0 Å². The molecule has 0 aliphatic carbocycles. The SMILES string of the molecule is O=C(COc1cc(CO)ccc1[N+](=O)[O-])N1CCOCC1. The van der Waals surface area contributed by atoms with Gasteiger partial charge in [0.2, 0.25) is 0 Å². The number of aliphatic hydroxyl groups excluding tert-OH is 1. The van der Waals surface area contributed by atoms with E-state index in [1.54, 1.807) is 4.90 Å². The molecule has 1 aromatic carbocycles. The molecule has 0 atom stereocenters. The number of benzene rings is 1. The van der Waals surface area contributed by atoms with Crippen molar-refractivity contribution < 1.29 is 24.3 Å². The van der Waals surface area contributed by atoms with Crippen LogP contribution in [0.3, 0.4) is 0 Å². The van der Waals surface area contributed by atoms with Crippen molar-refractivity contribution in [3.05, 3.63) is 33.9 Å². The molecule has 1 aliphatic heterocycles. The predicted molar refractivity (Wildman–Crippen MR) is 71.9 cm³/mol. The Morgan fingerprint density at radius 2 is 2.14 bits per heavy atom. The zero-order valence-corrected chi connectivity index (χ0v) is 11.4. The van der Waals surface area contributed by atoms with Crippen molar-refractivity contribution in [1.29, 1.82) is 0 Å². The van der Waals surface area contributed by atoms with Crippen LogP contribution in [0.2, 0.25) is 0 Å². The minimum atomic E-state index is -0.588. The van der Waals surface area contributed by atoms with Gasteiger partial charge >= 0.3 is 5.69 Å². The number of aliphatic hydroxyl groups is 1. The number of ether oxygens (including phenoxy) is 2. The first kappa shape index (κ1) is 15.2. The Bertz CT molecular complexity index is 527. The maximum Gasteiger partial charge on any atom is 0.310 e. The Morgan fingerprint density at radius 3 is 2.76 bits per heavy atom. The molecule has 0 saturated carbocycles. The quantitative estimate of drug-likeness (QED) is 0.620. The molecule has 1 heterocycles. The Morgan fingerprint density at radius 1 is 1.43 bits per heavy atom. The molecule has 8 nitrogen and oxygen atoms in total. The number of rotatable bonds is 5. The molecule has 1 amide bonds. The summed E-state index contributed by atoms with van der Waals surface area (Å²) in [6.07, 6.45) is 0. The highest BCUT2D eigenvalue weighted by Gasteiger charge is 2.20. The van der Waals surface area contributed by atoms with Gasteiger partial charge in [-0.2, -0.15) is 0 Å². The summed E-state index contributed by atoms with van der Waals surface area (Å²) in [5.41, 5.74) is 0.247. The van der Waals surface area contributed by atoms with E-state index < -0.39 is 4.92 Å². The van der Waals surface area contributed by atoms with Crippen LogP contribution in [0.1, 0.15) is 5.56 Å². The lowest BCUT2D eigenvalue weighted by molar-refractivity contribution is -0.385. The van der Waals surface area contributed by atoms with E-state index in [1.165, 1.54) is 18.2 Å². The zero-order valence-electron chi connectivity index (χ0n) is 11.4. The summed E-state index contributed by atoms with van der Waals surface area (Å²) in [5.74, 6) is -0.268. The molecule has 1 saturated heterocycles. The normalized spacial score (nSPS) is 14.8. The Hall–Kier alpha value is -2.19. The van der Waals surface area contributed by atoms with Crippen LogP contribution in [0.15, 0.2) is 18.2 Å². The maximum absolute atomic E-state index is 11.9. The Labute approximate surface area is 121 Å². The van der Waals surface area contributed by atoms with E-state index in [0.29, 0.717) is 31.9 Å². The molecule has 114 valence electrons. The van der Waals surface area contributed by atoms with Crippen LogP contribution in [0.4, 0.5) is 5.69 Å². The predicted octanol–water partition coefficient (Wildman–Crippen LogP) is 0.325. The van der Waals surface area contributed by atoms with Crippen LogP contribution in [-0.4, -0.2) is 53.7 Å².